The van der Waals surface area contributed by atoms with E-state index in [-0.39, 0.29) is 12.8 Å². The average molecular weight is 476 g/mol. The van der Waals surface area contributed by atoms with Gasteiger partial charge in [0.1, 0.15) is 11.7 Å². The van der Waals surface area contributed by atoms with Gasteiger partial charge in [-0.25, -0.2) is 4.99 Å². The zero-order valence-corrected chi connectivity index (χ0v) is 20.1. The molecule has 1 aromatic carbocycles. The Morgan fingerprint density at radius 3 is 2.42 bits per heavy atom. The number of methoxy groups -OCH3 is 3. The lowest BCUT2D eigenvalue weighted by atomic mass is 10.1. The summed E-state index contributed by atoms with van der Waals surface area (Å²) in [5, 5.41) is 13.1. The number of aliphatic hydroxyl groups is 1. The summed E-state index contributed by atoms with van der Waals surface area (Å²) in [5.41, 5.74) is 3.00. The molecule has 0 bridgehead atoms. The Kier molecular flexibility index (Phi) is 8.37. The Balaban J connectivity index is 1.82. The van der Waals surface area contributed by atoms with Gasteiger partial charge in [0, 0.05) is 56.0 Å². The van der Waals surface area contributed by atoms with Crippen molar-refractivity contribution in [2.24, 2.45) is 9.98 Å². The predicted molar refractivity (Wildman–Crippen MR) is 131 cm³/mol. The minimum Gasteiger partial charge on any atom is -0.493 e. The number of ether oxygens (including phenoxy) is 3. The minimum atomic E-state index is -0.234. The second-order valence-electron chi connectivity index (χ2n) is 7.61. The van der Waals surface area contributed by atoms with Crippen LogP contribution in [0.25, 0.3) is 0 Å². The molecule has 3 rings (SSSR count). The van der Waals surface area contributed by atoms with Crippen LogP contribution in [0, 0.1) is 6.92 Å². The standard InChI is InChI=1S/C23H30ClN5O4/c1-15-9-29(11-16(15)10-28-12-18(30)13-28)23(19(24)8-25-2)27-14-26-17-6-20(31-3)22(33-5)21(7-17)32-4/h6-9,11,18,26,30H,2,10,12-14H2,1,3-5H3/b19-8+,27-23+. The third-order valence-electron chi connectivity index (χ3n) is 5.31. The van der Waals surface area contributed by atoms with E-state index in [9.17, 15) is 5.11 Å². The van der Waals surface area contributed by atoms with Crippen molar-refractivity contribution in [2.45, 2.75) is 19.6 Å². The number of allylic oxidation sites excluding steroid dienone is 1. The molecule has 1 aromatic heterocycles. The quantitative estimate of drug-likeness (QED) is 0.405. The number of hydrogen-bond acceptors (Lipinski definition) is 8. The lowest BCUT2D eigenvalue weighted by molar-refractivity contribution is -0.00294. The number of anilines is 1. The second kappa shape index (κ2) is 11.2. The number of aryl methyl sites for hydroxylation is 1. The molecule has 0 spiro atoms. The smallest absolute Gasteiger partial charge is 0.203 e. The van der Waals surface area contributed by atoms with Gasteiger partial charge in [-0.15, -0.1) is 0 Å². The normalized spacial score (nSPS) is 15.2. The van der Waals surface area contributed by atoms with Gasteiger partial charge in [-0.3, -0.25) is 9.89 Å². The molecule has 10 heteroatoms. The molecule has 0 aliphatic carbocycles. The third-order valence-corrected chi connectivity index (χ3v) is 5.57. The van der Waals surface area contributed by atoms with Gasteiger partial charge < -0.3 is 29.2 Å². The first-order valence-electron chi connectivity index (χ1n) is 10.4. The summed E-state index contributed by atoms with van der Waals surface area (Å²) in [5.74, 6) is 2.13. The highest BCUT2D eigenvalue weighted by atomic mass is 35.5. The summed E-state index contributed by atoms with van der Waals surface area (Å²) in [6, 6.07) is 3.61. The third kappa shape index (κ3) is 5.87. The molecule has 0 atom stereocenters. The highest BCUT2D eigenvalue weighted by Crippen LogP contribution is 2.39. The van der Waals surface area contributed by atoms with Gasteiger partial charge in [-0.1, -0.05) is 11.6 Å². The number of aromatic nitrogens is 1. The number of rotatable bonds is 10. The van der Waals surface area contributed by atoms with E-state index in [0.29, 0.717) is 41.2 Å². The molecule has 33 heavy (non-hydrogen) atoms. The van der Waals surface area contributed by atoms with Crippen LogP contribution < -0.4 is 19.5 Å². The van der Waals surface area contributed by atoms with E-state index in [1.807, 2.05) is 23.9 Å². The first-order chi connectivity index (χ1) is 15.9. The monoisotopic (exact) mass is 475 g/mol. The van der Waals surface area contributed by atoms with Crippen LogP contribution in [0.2, 0.25) is 0 Å². The van der Waals surface area contributed by atoms with Gasteiger partial charge in [-0.05, 0) is 24.8 Å². The Bertz CT molecular complexity index is 1020. The molecule has 2 heterocycles. The summed E-state index contributed by atoms with van der Waals surface area (Å²) in [6.45, 7) is 7.89. The molecule has 0 amide bonds. The van der Waals surface area contributed by atoms with E-state index < -0.39 is 0 Å². The molecule has 2 N–H and O–H groups in total. The highest BCUT2D eigenvalue weighted by Gasteiger charge is 2.25. The molecule has 178 valence electrons. The summed E-state index contributed by atoms with van der Waals surface area (Å²) in [4.78, 5) is 10.6. The number of hydrogen-bond donors (Lipinski definition) is 2. The van der Waals surface area contributed by atoms with Crippen molar-refractivity contribution in [1.29, 1.82) is 0 Å². The highest BCUT2D eigenvalue weighted by molar-refractivity contribution is 6.43. The molecule has 1 fully saturated rings. The van der Waals surface area contributed by atoms with Crippen LogP contribution in [0.1, 0.15) is 11.1 Å². The Morgan fingerprint density at radius 2 is 1.88 bits per heavy atom. The maximum atomic E-state index is 9.54. The van der Waals surface area contributed by atoms with Crippen molar-refractivity contribution >= 4 is 29.8 Å². The zero-order chi connectivity index (χ0) is 24.0. The first kappa shape index (κ1) is 24.6. The molecule has 0 saturated carbocycles. The Hall–Kier alpha value is -3.01. The van der Waals surface area contributed by atoms with Gasteiger partial charge in [0.15, 0.2) is 17.3 Å². The zero-order valence-electron chi connectivity index (χ0n) is 19.3. The van der Waals surface area contributed by atoms with E-state index in [4.69, 9.17) is 25.8 Å². The molecule has 1 aliphatic heterocycles. The molecule has 2 aromatic rings. The number of benzene rings is 1. The summed E-state index contributed by atoms with van der Waals surface area (Å²) in [7, 11) is 4.69. The molecule has 1 saturated heterocycles. The van der Waals surface area contributed by atoms with E-state index in [1.54, 1.807) is 33.5 Å². The number of aliphatic hydroxyl groups excluding tert-OH is 1. The van der Waals surface area contributed by atoms with Crippen LogP contribution >= 0.6 is 11.6 Å². The lowest BCUT2D eigenvalue weighted by Gasteiger charge is -2.35. The second-order valence-corrected chi connectivity index (χ2v) is 8.02. The van der Waals surface area contributed by atoms with Gasteiger partial charge in [-0.2, -0.15) is 0 Å². The maximum absolute atomic E-state index is 9.54. The Labute approximate surface area is 198 Å². The topological polar surface area (TPSA) is 92.8 Å². The van der Waals surface area contributed by atoms with Crippen molar-refractivity contribution < 1.29 is 19.3 Å². The molecule has 0 radical (unpaired) electrons. The molecule has 1 aliphatic rings. The van der Waals surface area contributed by atoms with Crippen molar-refractivity contribution in [1.82, 2.24) is 9.47 Å². The van der Waals surface area contributed by atoms with E-state index >= 15 is 0 Å². The van der Waals surface area contributed by atoms with E-state index in [0.717, 1.165) is 23.4 Å². The fourth-order valence-electron chi connectivity index (χ4n) is 3.61. The number of β-amino-alcohol motifs (C(OH)–C–C–N with tert-alkyl or cyclic N) is 1. The van der Waals surface area contributed by atoms with Gasteiger partial charge >= 0.3 is 0 Å². The maximum Gasteiger partial charge on any atom is 0.203 e. The van der Waals surface area contributed by atoms with Crippen LogP contribution in [0.15, 0.2) is 45.7 Å². The summed E-state index contributed by atoms with van der Waals surface area (Å²) >= 11 is 6.47. The summed E-state index contributed by atoms with van der Waals surface area (Å²) in [6.07, 6.45) is 5.20. The number of nitrogens with zero attached hydrogens (tertiary/aromatic N) is 4. The van der Waals surface area contributed by atoms with Crippen LogP contribution in [-0.4, -0.2) is 74.3 Å². The molecule has 9 nitrogen and oxygen atoms in total. The SMILES string of the molecule is C=N/C=C(Cl)\C(=N/CNc1cc(OC)c(OC)c(OC)c1)n1cc(C)c(CN2CC(O)C2)c1. The summed E-state index contributed by atoms with van der Waals surface area (Å²) < 4.78 is 18.0. The van der Waals surface area contributed by atoms with Crippen LogP contribution in [0.3, 0.4) is 0 Å². The Morgan fingerprint density at radius 1 is 1.21 bits per heavy atom. The van der Waals surface area contributed by atoms with Crippen molar-refractivity contribution in [3.63, 3.8) is 0 Å². The first-order valence-corrected chi connectivity index (χ1v) is 10.8. The van der Waals surface area contributed by atoms with Gasteiger partial charge in [0.25, 0.3) is 0 Å². The predicted octanol–water partition coefficient (Wildman–Crippen LogP) is 3.10. The fourth-order valence-corrected chi connectivity index (χ4v) is 3.83. The number of halogens is 1. The van der Waals surface area contributed by atoms with Crippen LogP contribution in [0.4, 0.5) is 5.69 Å². The van der Waals surface area contributed by atoms with Crippen LogP contribution in [-0.2, 0) is 6.54 Å². The molecular weight excluding hydrogens is 446 g/mol. The van der Waals surface area contributed by atoms with Gasteiger partial charge in [0.05, 0.1) is 27.4 Å². The van der Waals surface area contributed by atoms with Crippen molar-refractivity contribution in [2.75, 3.05) is 46.4 Å². The minimum absolute atomic E-state index is 0.234. The number of aliphatic imine (C=N–C) groups is 2. The fraction of sp³-hybridized carbons (Fsp3) is 0.391. The van der Waals surface area contributed by atoms with E-state index in [2.05, 4.69) is 26.9 Å². The van der Waals surface area contributed by atoms with Crippen molar-refractivity contribution in [3.8, 4) is 17.2 Å². The number of likely N-dealkylation sites (tertiary alicyclic amines) is 1. The molecular formula is C23H30ClN5O4. The molecule has 0 unspecified atom stereocenters. The number of nitrogens with one attached hydrogen (secondary N) is 1. The largest absolute Gasteiger partial charge is 0.493 e. The lowest BCUT2D eigenvalue weighted by Crippen LogP contribution is -2.49. The average Bonchev–Trinajstić information content (AvgIpc) is 3.14. The van der Waals surface area contributed by atoms with E-state index in [1.165, 1.54) is 6.20 Å². The van der Waals surface area contributed by atoms with Gasteiger partial charge in [0.2, 0.25) is 5.75 Å². The van der Waals surface area contributed by atoms with Crippen molar-refractivity contribution in [3.05, 3.63) is 46.9 Å². The van der Waals surface area contributed by atoms with Crippen LogP contribution in [0.5, 0.6) is 17.2 Å².